The lowest BCUT2D eigenvalue weighted by Gasteiger charge is -2.15. The summed E-state index contributed by atoms with van der Waals surface area (Å²) >= 11 is 0. The average Bonchev–Trinajstić information content (AvgIpc) is 3.10. The van der Waals surface area contributed by atoms with Crippen LogP contribution in [0.4, 0.5) is 0 Å². The summed E-state index contributed by atoms with van der Waals surface area (Å²) in [6.07, 6.45) is 1.39. The number of nitrogens with one attached hydrogen (secondary N) is 1. The molecule has 1 aromatic rings. The van der Waals surface area contributed by atoms with Crippen molar-refractivity contribution in [3.8, 4) is 5.75 Å². The van der Waals surface area contributed by atoms with Crippen molar-refractivity contribution < 1.29 is 4.74 Å². The Hall–Kier alpha value is -1.02. The summed E-state index contributed by atoms with van der Waals surface area (Å²) in [5, 5.41) is 3.62. The monoisotopic (exact) mass is 261 g/mol. The number of rotatable bonds is 7. The van der Waals surface area contributed by atoms with E-state index in [2.05, 4.69) is 57.3 Å². The van der Waals surface area contributed by atoms with Crippen LogP contribution in [0.25, 0.3) is 0 Å². The van der Waals surface area contributed by atoms with Gasteiger partial charge in [0.25, 0.3) is 0 Å². The van der Waals surface area contributed by atoms with Crippen molar-refractivity contribution in [2.45, 2.75) is 40.2 Å². The number of hydrogen-bond acceptors (Lipinski definition) is 2. The minimum atomic E-state index is 0.423. The maximum Gasteiger partial charge on any atom is 0.119 e. The van der Waals surface area contributed by atoms with E-state index in [9.17, 15) is 0 Å². The highest BCUT2D eigenvalue weighted by atomic mass is 16.5. The summed E-state index contributed by atoms with van der Waals surface area (Å²) in [5.41, 5.74) is 1.34. The third-order valence-corrected chi connectivity index (χ3v) is 3.93. The maximum absolute atomic E-state index is 5.70. The summed E-state index contributed by atoms with van der Waals surface area (Å²) in [5.74, 6) is 3.36. The molecule has 0 aliphatic heterocycles. The predicted molar refractivity (Wildman–Crippen MR) is 80.5 cm³/mol. The van der Waals surface area contributed by atoms with Crippen LogP contribution in [0.2, 0.25) is 0 Å². The van der Waals surface area contributed by atoms with Gasteiger partial charge in [0.1, 0.15) is 5.75 Å². The zero-order valence-electron chi connectivity index (χ0n) is 12.6. The van der Waals surface area contributed by atoms with Crippen molar-refractivity contribution in [1.29, 1.82) is 0 Å². The molecule has 1 aromatic carbocycles. The lowest BCUT2D eigenvalue weighted by Crippen LogP contribution is -2.21. The Labute approximate surface area is 117 Å². The van der Waals surface area contributed by atoms with Crippen LogP contribution in [0.3, 0.4) is 0 Å². The van der Waals surface area contributed by atoms with Gasteiger partial charge in [-0.1, -0.05) is 32.9 Å². The Balaban J connectivity index is 1.79. The van der Waals surface area contributed by atoms with Crippen LogP contribution in [0.5, 0.6) is 5.75 Å². The highest BCUT2D eigenvalue weighted by Gasteiger charge is 2.32. The van der Waals surface area contributed by atoms with Gasteiger partial charge in [-0.3, -0.25) is 0 Å². The highest BCUT2D eigenvalue weighted by molar-refractivity contribution is 5.29. The Morgan fingerprint density at radius 3 is 2.37 bits per heavy atom. The van der Waals surface area contributed by atoms with E-state index in [4.69, 9.17) is 4.74 Å². The molecule has 0 saturated heterocycles. The molecule has 2 nitrogen and oxygen atoms in total. The van der Waals surface area contributed by atoms with Crippen LogP contribution in [0.1, 0.15) is 45.7 Å². The van der Waals surface area contributed by atoms with Gasteiger partial charge >= 0.3 is 0 Å². The molecule has 0 spiro atoms. The number of ether oxygens (including phenoxy) is 1. The summed E-state index contributed by atoms with van der Waals surface area (Å²) in [7, 11) is 0. The summed E-state index contributed by atoms with van der Waals surface area (Å²) in [6.45, 7) is 10.8. The molecular formula is C17H27NO. The van der Waals surface area contributed by atoms with E-state index in [0.29, 0.717) is 12.0 Å². The van der Waals surface area contributed by atoms with Crippen molar-refractivity contribution in [2.75, 3.05) is 13.2 Å². The third-order valence-electron chi connectivity index (χ3n) is 3.93. The second kappa shape index (κ2) is 6.42. The van der Waals surface area contributed by atoms with Crippen LogP contribution in [-0.2, 0) is 0 Å². The fourth-order valence-electron chi connectivity index (χ4n) is 2.25. The highest BCUT2D eigenvalue weighted by Crippen LogP contribution is 2.37. The fourth-order valence-corrected chi connectivity index (χ4v) is 2.25. The second-order valence-electron chi connectivity index (χ2n) is 6.38. The smallest absolute Gasteiger partial charge is 0.119 e. The lowest BCUT2D eigenvalue weighted by atomic mass is 10.1. The van der Waals surface area contributed by atoms with E-state index in [1.165, 1.54) is 12.0 Å². The largest absolute Gasteiger partial charge is 0.493 e. The first-order chi connectivity index (χ1) is 9.06. The molecule has 0 heterocycles. The Bertz CT molecular complexity index is 385. The zero-order chi connectivity index (χ0) is 13.8. The van der Waals surface area contributed by atoms with Crippen molar-refractivity contribution >= 4 is 0 Å². The predicted octanol–water partition coefficient (Wildman–Crippen LogP) is 4.03. The van der Waals surface area contributed by atoms with Gasteiger partial charge in [-0.15, -0.1) is 0 Å². The van der Waals surface area contributed by atoms with Crippen LogP contribution in [-0.4, -0.2) is 13.2 Å². The van der Waals surface area contributed by atoms with Gasteiger partial charge in [-0.25, -0.2) is 0 Å². The van der Waals surface area contributed by atoms with Gasteiger partial charge < -0.3 is 10.1 Å². The quantitative estimate of drug-likeness (QED) is 0.800. The third kappa shape index (κ3) is 4.54. The van der Waals surface area contributed by atoms with Crippen LogP contribution in [0.15, 0.2) is 24.3 Å². The first-order valence-electron chi connectivity index (χ1n) is 7.52. The van der Waals surface area contributed by atoms with Gasteiger partial charge in [-0.2, -0.15) is 0 Å². The molecule has 19 heavy (non-hydrogen) atoms. The second-order valence-corrected chi connectivity index (χ2v) is 6.38. The van der Waals surface area contributed by atoms with E-state index < -0.39 is 0 Å². The topological polar surface area (TPSA) is 21.3 Å². The molecule has 0 radical (unpaired) electrons. The Morgan fingerprint density at radius 2 is 1.84 bits per heavy atom. The molecular weight excluding hydrogens is 234 g/mol. The lowest BCUT2D eigenvalue weighted by molar-refractivity contribution is 0.271. The van der Waals surface area contributed by atoms with E-state index in [1.807, 2.05) is 0 Å². The SMILES string of the molecule is CC(C)COc1ccc(C(C)NCC2CC2C)cc1. The molecule has 106 valence electrons. The molecule has 1 N–H and O–H groups in total. The molecule has 0 aromatic heterocycles. The number of benzene rings is 1. The minimum Gasteiger partial charge on any atom is -0.493 e. The average molecular weight is 261 g/mol. The maximum atomic E-state index is 5.70. The van der Waals surface area contributed by atoms with Crippen molar-refractivity contribution in [1.82, 2.24) is 5.32 Å². The standard InChI is InChI=1S/C17H27NO/c1-12(2)11-19-17-7-5-15(6-8-17)14(4)18-10-16-9-13(16)3/h5-8,12-14,16,18H,9-11H2,1-4H3. The molecule has 2 rings (SSSR count). The van der Waals surface area contributed by atoms with Crippen molar-refractivity contribution in [3.63, 3.8) is 0 Å². The summed E-state index contributed by atoms with van der Waals surface area (Å²) < 4.78 is 5.70. The van der Waals surface area contributed by atoms with Gasteiger partial charge in [0, 0.05) is 6.04 Å². The van der Waals surface area contributed by atoms with Gasteiger partial charge in [0.15, 0.2) is 0 Å². The molecule has 0 amide bonds. The molecule has 1 saturated carbocycles. The van der Waals surface area contributed by atoms with Gasteiger partial charge in [-0.05, 0) is 55.3 Å². The Morgan fingerprint density at radius 1 is 1.21 bits per heavy atom. The van der Waals surface area contributed by atoms with Crippen molar-refractivity contribution in [2.24, 2.45) is 17.8 Å². The molecule has 1 aliphatic rings. The first-order valence-corrected chi connectivity index (χ1v) is 7.52. The van der Waals surface area contributed by atoms with E-state index in [0.717, 1.165) is 30.7 Å². The molecule has 1 fully saturated rings. The van der Waals surface area contributed by atoms with Gasteiger partial charge in [0.2, 0.25) is 0 Å². The van der Waals surface area contributed by atoms with Crippen LogP contribution in [0, 0.1) is 17.8 Å². The van der Waals surface area contributed by atoms with E-state index >= 15 is 0 Å². The molecule has 3 atom stereocenters. The minimum absolute atomic E-state index is 0.423. The summed E-state index contributed by atoms with van der Waals surface area (Å²) in [4.78, 5) is 0. The van der Waals surface area contributed by atoms with E-state index in [-0.39, 0.29) is 0 Å². The fraction of sp³-hybridized carbons (Fsp3) is 0.647. The first kappa shape index (κ1) is 14.4. The normalized spacial score (nSPS) is 23.4. The molecule has 1 aliphatic carbocycles. The van der Waals surface area contributed by atoms with Gasteiger partial charge in [0.05, 0.1) is 6.61 Å². The summed E-state index contributed by atoms with van der Waals surface area (Å²) in [6, 6.07) is 8.92. The van der Waals surface area contributed by atoms with Crippen LogP contribution >= 0.6 is 0 Å². The zero-order valence-corrected chi connectivity index (χ0v) is 12.6. The Kier molecular flexibility index (Phi) is 4.87. The van der Waals surface area contributed by atoms with E-state index in [1.54, 1.807) is 0 Å². The number of hydrogen-bond donors (Lipinski definition) is 1. The molecule has 2 heteroatoms. The molecule has 3 unspecified atom stereocenters. The van der Waals surface area contributed by atoms with Crippen LogP contribution < -0.4 is 10.1 Å². The van der Waals surface area contributed by atoms with Crippen molar-refractivity contribution in [3.05, 3.63) is 29.8 Å². The molecule has 0 bridgehead atoms.